The van der Waals surface area contributed by atoms with Gasteiger partial charge in [-0.15, -0.1) is 0 Å². The third kappa shape index (κ3) is 3.48. The number of non-ortho nitro benzene ring substituents is 1. The van der Waals surface area contributed by atoms with Crippen LogP contribution in [0.5, 0.6) is 0 Å². The van der Waals surface area contributed by atoms with Crippen LogP contribution in [0.4, 0.5) is 17.1 Å². The van der Waals surface area contributed by atoms with E-state index in [4.69, 9.17) is 0 Å². The molecule has 0 bridgehead atoms. The molecule has 1 aromatic heterocycles. The third-order valence-electron chi connectivity index (χ3n) is 2.93. The van der Waals surface area contributed by atoms with E-state index < -0.39 is 0 Å². The molecule has 0 radical (unpaired) electrons. The van der Waals surface area contributed by atoms with Crippen molar-refractivity contribution >= 4 is 28.4 Å². The van der Waals surface area contributed by atoms with Crippen LogP contribution in [0.2, 0.25) is 0 Å². The summed E-state index contributed by atoms with van der Waals surface area (Å²) in [7, 11) is 1.94. The van der Waals surface area contributed by atoms with Crippen molar-refractivity contribution in [3.8, 4) is 0 Å². The molecule has 0 atom stereocenters. The van der Waals surface area contributed by atoms with Crippen LogP contribution in [0.1, 0.15) is 12.5 Å². The molecule has 6 heteroatoms. The van der Waals surface area contributed by atoms with Gasteiger partial charge in [0.1, 0.15) is 0 Å². The van der Waals surface area contributed by atoms with Gasteiger partial charge in [-0.05, 0) is 35.4 Å². The summed E-state index contributed by atoms with van der Waals surface area (Å²) in [6, 6.07) is 7.16. The molecular formula is C14H17N3O2S. The molecule has 0 amide bonds. The van der Waals surface area contributed by atoms with Crippen molar-refractivity contribution in [3.63, 3.8) is 0 Å². The van der Waals surface area contributed by atoms with Crippen LogP contribution in [0.15, 0.2) is 35.0 Å². The van der Waals surface area contributed by atoms with Crippen LogP contribution in [0.25, 0.3) is 0 Å². The molecule has 0 aliphatic heterocycles. The van der Waals surface area contributed by atoms with Crippen molar-refractivity contribution in [3.05, 3.63) is 50.7 Å². The maximum Gasteiger partial charge on any atom is 0.273 e. The van der Waals surface area contributed by atoms with E-state index in [-0.39, 0.29) is 10.6 Å². The fourth-order valence-electron chi connectivity index (χ4n) is 1.97. The van der Waals surface area contributed by atoms with Crippen LogP contribution >= 0.6 is 11.3 Å². The number of thiophene rings is 1. The second-order valence-electron chi connectivity index (χ2n) is 4.51. The molecular weight excluding hydrogens is 274 g/mol. The Hall–Kier alpha value is -2.08. The zero-order chi connectivity index (χ0) is 14.5. The first-order chi connectivity index (χ1) is 9.60. The maximum atomic E-state index is 11.0. The Kier molecular flexibility index (Phi) is 4.57. The molecule has 106 valence electrons. The van der Waals surface area contributed by atoms with Crippen LogP contribution in [-0.4, -0.2) is 18.5 Å². The van der Waals surface area contributed by atoms with E-state index in [0.29, 0.717) is 0 Å². The zero-order valence-corrected chi connectivity index (χ0v) is 12.3. The second-order valence-corrected chi connectivity index (χ2v) is 5.29. The topological polar surface area (TPSA) is 58.4 Å². The smallest absolute Gasteiger partial charge is 0.273 e. The number of benzene rings is 1. The van der Waals surface area contributed by atoms with Crippen molar-refractivity contribution in [2.45, 2.75) is 13.5 Å². The lowest BCUT2D eigenvalue weighted by Gasteiger charge is -2.19. The number of anilines is 2. The largest absolute Gasteiger partial charge is 0.385 e. The van der Waals surface area contributed by atoms with E-state index in [1.807, 2.05) is 30.3 Å². The van der Waals surface area contributed by atoms with Crippen molar-refractivity contribution < 1.29 is 4.92 Å². The minimum absolute atomic E-state index is 0.107. The van der Waals surface area contributed by atoms with E-state index in [0.717, 1.165) is 24.5 Å². The van der Waals surface area contributed by atoms with Crippen molar-refractivity contribution in [1.29, 1.82) is 0 Å². The van der Waals surface area contributed by atoms with Crippen molar-refractivity contribution in [2.24, 2.45) is 0 Å². The minimum Gasteiger partial charge on any atom is -0.385 e. The number of nitro groups is 1. The van der Waals surface area contributed by atoms with E-state index in [2.05, 4.69) is 16.8 Å². The maximum absolute atomic E-state index is 11.0. The summed E-state index contributed by atoms with van der Waals surface area (Å²) in [6.45, 7) is 3.43. The van der Waals surface area contributed by atoms with Gasteiger partial charge in [0, 0.05) is 43.6 Å². The van der Waals surface area contributed by atoms with Gasteiger partial charge in [-0.3, -0.25) is 10.1 Å². The molecule has 0 aliphatic carbocycles. The van der Waals surface area contributed by atoms with Crippen LogP contribution < -0.4 is 10.2 Å². The standard InChI is InChI=1S/C14H17N3O2S/c1-3-15-12-6-13(8-14(7-12)17(18)19)16(2)9-11-4-5-20-10-11/h4-8,10,15H,3,9H2,1-2H3. The number of nitrogens with zero attached hydrogens (tertiary/aromatic N) is 2. The predicted molar refractivity (Wildman–Crippen MR) is 83.7 cm³/mol. The summed E-state index contributed by atoms with van der Waals surface area (Å²) < 4.78 is 0. The molecule has 0 saturated carbocycles. The Labute approximate surface area is 122 Å². The van der Waals surface area contributed by atoms with Gasteiger partial charge < -0.3 is 10.2 Å². The summed E-state index contributed by atoms with van der Waals surface area (Å²) >= 11 is 1.65. The molecule has 0 unspecified atom stereocenters. The average molecular weight is 291 g/mol. The third-order valence-corrected chi connectivity index (χ3v) is 3.67. The molecule has 0 aliphatic rings. The molecule has 2 rings (SSSR count). The van der Waals surface area contributed by atoms with Crippen molar-refractivity contribution in [1.82, 2.24) is 0 Å². The fraction of sp³-hybridized carbons (Fsp3) is 0.286. The highest BCUT2D eigenvalue weighted by molar-refractivity contribution is 7.07. The van der Waals surface area contributed by atoms with Crippen LogP contribution in [0, 0.1) is 10.1 Å². The number of nitrogens with one attached hydrogen (secondary N) is 1. The number of nitro benzene ring substituents is 1. The lowest BCUT2D eigenvalue weighted by atomic mass is 10.2. The molecule has 20 heavy (non-hydrogen) atoms. The van der Waals surface area contributed by atoms with E-state index in [1.54, 1.807) is 23.5 Å². The quantitative estimate of drug-likeness (QED) is 0.651. The van der Waals surface area contributed by atoms with E-state index >= 15 is 0 Å². The molecule has 0 saturated heterocycles. The Morgan fingerprint density at radius 2 is 2.20 bits per heavy atom. The lowest BCUT2D eigenvalue weighted by Crippen LogP contribution is -2.16. The molecule has 1 heterocycles. The number of hydrogen-bond acceptors (Lipinski definition) is 5. The average Bonchev–Trinajstić information content (AvgIpc) is 2.91. The lowest BCUT2D eigenvalue weighted by molar-refractivity contribution is -0.384. The van der Waals surface area contributed by atoms with Crippen LogP contribution in [-0.2, 0) is 6.54 Å². The van der Waals surface area contributed by atoms with Gasteiger partial charge in [0.15, 0.2) is 0 Å². The summed E-state index contributed by atoms with van der Waals surface area (Å²) in [5.41, 5.74) is 2.92. The van der Waals surface area contributed by atoms with Gasteiger partial charge in [0.05, 0.1) is 4.92 Å². The van der Waals surface area contributed by atoms with E-state index in [1.165, 1.54) is 5.56 Å². The first kappa shape index (κ1) is 14.3. The van der Waals surface area contributed by atoms with Crippen molar-refractivity contribution in [2.75, 3.05) is 23.8 Å². The molecule has 0 fully saturated rings. The SMILES string of the molecule is CCNc1cc(N(C)Cc2ccsc2)cc([N+](=O)[O-])c1. The van der Waals surface area contributed by atoms with Crippen LogP contribution in [0.3, 0.4) is 0 Å². The first-order valence-corrected chi connectivity index (χ1v) is 7.30. The summed E-state index contributed by atoms with van der Waals surface area (Å²) in [4.78, 5) is 12.7. The van der Waals surface area contributed by atoms with Gasteiger partial charge in [-0.2, -0.15) is 11.3 Å². The Morgan fingerprint density at radius 3 is 2.80 bits per heavy atom. The Bertz CT molecular complexity index is 584. The normalized spacial score (nSPS) is 10.3. The highest BCUT2D eigenvalue weighted by Gasteiger charge is 2.12. The predicted octanol–water partition coefficient (Wildman–Crippen LogP) is 3.72. The first-order valence-electron chi connectivity index (χ1n) is 6.35. The molecule has 1 aromatic carbocycles. The minimum atomic E-state index is -0.358. The Balaban J connectivity index is 2.26. The Morgan fingerprint density at radius 1 is 1.40 bits per heavy atom. The molecule has 1 N–H and O–H groups in total. The summed E-state index contributed by atoms with van der Waals surface area (Å²) in [6.07, 6.45) is 0. The zero-order valence-electron chi connectivity index (χ0n) is 11.5. The second kappa shape index (κ2) is 6.38. The van der Waals surface area contributed by atoms with Gasteiger partial charge in [0.25, 0.3) is 5.69 Å². The molecule has 2 aromatic rings. The van der Waals surface area contributed by atoms with E-state index in [9.17, 15) is 10.1 Å². The highest BCUT2D eigenvalue weighted by Crippen LogP contribution is 2.27. The van der Waals surface area contributed by atoms with Gasteiger partial charge >= 0.3 is 0 Å². The summed E-state index contributed by atoms with van der Waals surface area (Å²) in [5, 5.41) is 18.2. The number of hydrogen-bond donors (Lipinski definition) is 1. The number of rotatable bonds is 6. The molecule has 0 spiro atoms. The van der Waals surface area contributed by atoms with Gasteiger partial charge in [-0.25, -0.2) is 0 Å². The van der Waals surface area contributed by atoms with Gasteiger partial charge in [-0.1, -0.05) is 0 Å². The monoisotopic (exact) mass is 291 g/mol. The summed E-state index contributed by atoms with van der Waals surface area (Å²) in [5.74, 6) is 0. The highest BCUT2D eigenvalue weighted by atomic mass is 32.1. The fourth-order valence-corrected chi connectivity index (χ4v) is 2.63. The molecule has 5 nitrogen and oxygen atoms in total. The van der Waals surface area contributed by atoms with Gasteiger partial charge in [0.2, 0.25) is 0 Å².